The van der Waals surface area contributed by atoms with Crippen LogP contribution in [0, 0.1) is 0 Å². The Kier molecular flexibility index (Phi) is 7.54. The summed E-state index contributed by atoms with van der Waals surface area (Å²) in [5.74, 6) is 0. The molecule has 0 atom stereocenters. The van der Waals surface area contributed by atoms with Crippen LogP contribution < -0.4 is 0 Å². The van der Waals surface area contributed by atoms with Crippen LogP contribution in [0.15, 0.2) is 41.6 Å². The standard InChI is InChI=1S/C7H5Cl2NO.C7H4Cl2O/c8-6-2-1-3-7(9)5(6)4-10-11;8-6-2-1-3-7(9)5(6)4-10/h1-4,11H;1-4H. The van der Waals surface area contributed by atoms with E-state index in [1.54, 1.807) is 36.4 Å². The summed E-state index contributed by atoms with van der Waals surface area (Å²) in [6, 6.07) is 10.0. The first-order chi connectivity index (χ1) is 10.0. The number of aldehydes is 1. The van der Waals surface area contributed by atoms with Crippen LogP contribution in [0.5, 0.6) is 0 Å². The molecule has 7 heteroatoms. The van der Waals surface area contributed by atoms with E-state index in [0.717, 1.165) is 0 Å². The molecule has 0 bridgehead atoms. The predicted octanol–water partition coefficient (Wildman–Crippen LogP) is 5.61. The van der Waals surface area contributed by atoms with Gasteiger partial charge in [-0.2, -0.15) is 0 Å². The molecule has 0 saturated carbocycles. The van der Waals surface area contributed by atoms with Crippen molar-refractivity contribution in [1.29, 1.82) is 0 Å². The van der Waals surface area contributed by atoms with Gasteiger partial charge in [0.25, 0.3) is 0 Å². The van der Waals surface area contributed by atoms with Gasteiger partial charge in [0.15, 0.2) is 6.29 Å². The lowest BCUT2D eigenvalue weighted by Gasteiger charge is -1.97. The van der Waals surface area contributed by atoms with E-state index in [1.807, 2.05) is 0 Å². The first kappa shape index (κ1) is 17.8. The van der Waals surface area contributed by atoms with Crippen molar-refractivity contribution in [3.8, 4) is 0 Å². The number of halogens is 4. The van der Waals surface area contributed by atoms with Crippen LogP contribution in [0.1, 0.15) is 15.9 Å². The second kappa shape index (κ2) is 8.90. The summed E-state index contributed by atoms with van der Waals surface area (Å²) in [5, 5.41) is 12.8. The Morgan fingerprint density at radius 1 is 0.810 bits per heavy atom. The fourth-order valence-corrected chi connectivity index (χ4v) is 2.30. The predicted molar refractivity (Wildman–Crippen MR) is 87.7 cm³/mol. The molecule has 3 nitrogen and oxygen atoms in total. The third kappa shape index (κ3) is 5.21. The molecule has 0 aliphatic heterocycles. The molecule has 2 rings (SSSR count). The van der Waals surface area contributed by atoms with Gasteiger partial charge in [0, 0.05) is 5.56 Å². The molecule has 0 heterocycles. The second-order valence-electron chi connectivity index (χ2n) is 3.63. The van der Waals surface area contributed by atoms with Crippen LogP contribution in [0.25, 0.3) is 0 Å². The van der Waals surface area contributed by atoms with Crippen molar-refractivity contribution in [2.24, 2.45) is 5.16 Å². The quantitative estimate of drug-likeness (QED) is 0.326. The zero-order valence-electron chi connectivity index (χ0n) is 10.4. The minimum atomic E-state index is 0.353. The molecule has 110 valence electrons. The lowest BCUT2D eigenvalue weighted by molar-refractivity contribution is 0.112. The monoisotopic (exact) mass is 363 g/mol. The van der Waals surface area contributed by atoms with Crippen LogP contribution in [-0.2, 0) is 0 Å². The fourth-order valence-electron chi connectivity index (χ4n) is 1.32. The summed E-state index contributed by atoms with van der Waals surface area (Å²) in [6.45, 7) is 0. The third-order valence-electron chi connectivity index (χ3n) is 2.30. The summed E-state index contributed by atoms with van der Waals surface area (Å²) >= 11 is 22.7. The highest BCUT2D eigenvalue weighted by molar-refractivity contribution is 6.39. The first-order valence-electron chi connectivity index (χ1n) is 5.52. The zero-order chi connectivity index (χ0) is 15.8. The Hall–Kier alpha value is -1.26. The van der Waals surface area contributed by atoms with Gasteiger partial charge < -0.3 is 5.21 Å². The number of hydrogen-bond acceptors (Lipinski definition) is 3. The molecule has 0 fully saturated rings. The summed E-state index contributed by atoms with van der Waals surface area (Å²) in [7, 11) is 0. The highest BCUT2D eigenvalue weighted by atomic mass is 35.5. The van der Waals surface area contributed by atoms with Gasteiger partial charge in [0.2, 0.25) is 0 Å². The normalized spacial score (nSPS) is 10.1. The van der Waals surface area contributed by atoms with Crippen molar-refractivity contribution in [3.05, 3.63) is 67.6 Å². The summed E-state index contributed by atoms with van der Waals surface area (Å²) < 4.78 is 0. The molecular formula is C14H9Cl4NO2. The van der Waals surface area contributed by atoms with Gasteiger partial charge in [0.1, 0.15) is 0 Å². The van der Waals surface area contributed by atoms with Gasteiger partial charge in [-0.25, -0.2) is 0 Å². The molecule has 0 amide bonds. The van der Waals surface area contributed by atoms with E-state index in [4.69, 9.17) is 51.6 Å². The summed E-state index contributed by atoms with van der Waals surface area (Å²) in [4.78, 5) is 10.3. The number of rotatable bonds is 2. The van der Waals surface area contributed by atoms with Crippen LogP contribution in [0.4, 0.5) is 0 Å². The van der Waals surface area contributed by atoms with E-state index in [1.165, 1.54) is 6.21 Å². The maximum absolute atomic E-state index is 10.3. The fraction of sp³-hybridized carbons (Fsp3) is 0. The average Bonchev–Trinajstić information content (AvgIpc) is 2.44. The largest absolute Gasteiger partial charge is 0.411 e. The van der Waals surface area contributed by atoms with Crippen molar-refractivity contribution in [1.82, 2.24) is 0 Å². The molecule has 0 aromatic heterocycles. The Labute approximate surface area is 141 Å². The van der Waals surface area contributed by atoms with Gasteiger partial charge in [-0.3, -0.25) is 4.79 Å². The minimum absolute atomic E-state index is 0.353. The average molecular weight is 365 g/mol. The van der Waals surface area contributed by atoms with Crippen molar-refractivity contribution in [3.63, 3.8) is 0 Å². The maximum Gasteiger partial charge on any atom is 0.153 e. The first-order valence-corrected chi connectivity index (χ1v) is 7.03. The summed E-state index contributed by atoms with van der Waals surface area (Å²) in [5.41, 5.74) is 0.879. The zero-order valence-corrected chi connectivity index (χ0v) is 13.5. The minimum Gasteiger partial charge on any atom is -0.411 e. The molecule has 0 spiro atoms. The van der Waals surface area contributed by atoms with Gasteiger partial charge in [-0.1, -0.05) is 63.7 Å². The van der Waals surface area contributed by atoms with E-state index in [0.29, 0.717) is 37.5 Å². The Bertz CT molecular complexity index is 619. The molecule has 21 heavy (non-hydrogen) atoms. The Morgan fingerprint density at radius 2 is 1.19 bits per heavy atom. The molecule has 0 saturated heterocycles. The van der Waals surface area contributed by atoms with Crippen LogP contribution in [0.2, 0.25) is 20.1 Å². The summed E-state index contributed by atoms with van der Waals surface area (Å²) in [6.07, 6.45) is 1.84. The molecule has 1 N–H and O–H groups in total. The van der Waals surface area contributed by atoms with Gasteiger partial charge in [0.05, 0.1) is 31.9 Å². The molecule has 0 radical (unpaired) electrons. The Balaban J connectivity index is 0.000000211. The van der Waals surface area contributed by atoms with E-state index in [9.17, 15) is 4.79 Å². The number of benzene rings is 2. The van der Waals surface area contributed by atoms with Crippen molar-refractivity contribution in [2.45, 2.75) is 0 Å². The van der Waals surface area contributed by atoms with Gasteiger partial charge >= 0.3 is 0 Å². The molecule has 0 aliphatic carbocycles. The number of carbonyl (C=O) groups excluding carboxylic acids is 1. The molecule has 2 aromatic rings. The van der Waals surface area contributed by atoms with Crippen LogP contribution in [-0.4, -0.2) is 17.7 Å². The topological polar surface area (TPSA) is 49.7 Å². The lowest BCUT2D eigenvalue weighted by atomic mass is 10.2. The third-order valence-corrected chi connectivity index (χ3v) is 3.62. The molecular weight excluding hydrogens is 356 g/mol. The number of nitrogens with zero attached hydrogens (tertiary/aromatic N) is 1. The molecule has 0 aliphatic rings. The van der Waals surface area contributed by atoms with E-state index < -0.39 is 0 Å². The van der Waals surface area contributed by atoms with E-state index in [-0.39, 0.29) is 0 Å². The highest BCUT2D eigenvalue weighted by Crippen LogP contribution is 2.22. The number of carbonyl (C=O) groups is 1. The van der Waals surface area contributed by atoms with Gasteiger partial charge in [-0.15, -0.1) is 0 Å². The van der Waals surface area contributed by atoms with Crippen molar-refractivity contribution in [2.75, 3.05) is 0 Å². The van der Waals surface area contributed by atoms with E-state index >= 15 is 0 Å². The maximum atomic E-state index is 10.3. The number of hydrogen-bond donors (Lipinski definition) is 1. The van der Waals surface area contributed by atoms with E-state index in [2.05, 4.69) is 5.16 Å². The second-order valence-corrected chi connectivity index (χ2v) is 5.26. The smallest absolute Gasteiger partial charge is 0.153 e. The number of oxime groups is 1. The molecule has 0 unspecified atom stereocenters. The van der Waals surface area contributed by atoms with Crippen LogP contribution in [0.3, 0.4) is 0 Å². The SMILES string of the molecule is O=Cc1c(Cl)cccc1Cl.ON=Cc1c(Cl)cccc1Cl. The van der Waals surface area contributed by atoms with Gasteiger partial charge in [-0.05, 0) is 24.3 Å². The van der Waals surface area contributed by atoms with Crippen molar-refractivity contribution >= 4 is 58.9 Å². The Morgan fingerprint density at radius 3 is 1.48 bits per heavy atom. The highest BCUT2D eigenvalue weighted by Gasteiger charge is 2.02. The lowest BCUT2D eigenvalue weighted by Crippen LogP contribution is -1.83. The van der Waals surface area contributed by atoms with Crippen molar-refractivity contribution < 1.29 is 10.0 Å². The van der Waals surface area contributed by atoms with Crippen LogP contribution >= 0.6 is 46.4 Å². The molecule has 2 aromatic carbocycles.